The van der Waals surface area contributed by atoms with Gasteiger partial charge in [-0.25, -0.2) is 10.1 Å². The topological polar surface area (TPSA) is 76.3 Å². The fourth-order valence-corrected chi connectivity index (χ4v) is 2.44. The summed E-state index contributed by atoms with van der Waals surface area (Å²) in [4.78, 5) is 24.0. The van der Waals surface area contributed by atoms with Crippen LogP contribution in [0.15, 0.2) is 82.7 Å². The van der Waals surface area contributed by atoms with E-state index in [1.54, 1.807) is 13.0 Å². The predicted molar refractivity (Wildman–Crippen MR) is 99.9 cm³/mol. The third-order valence-corrected chi connectivity index (χ3v) is 3.68. The lowest BCUT2D eigenvalue weighted by Crippen LogP contribution is -2.32. The summed E-state index contributed by atoms with van der Waals surface area (Å²) in [6.45, 7) is 1.57. The zero-order valence-electron chi connectivity index (χ0n) is 14.3. The first kappa shape index (κ1) is 17.3. The zero-order valence-corrected chi connectivity index (χ0v) is 14.3. The molecule has 0 saturated heterocycles. The van der Waals surface area contributed by atoms with Crippen molar-refractivity contribution in [3.8, 4) is 0 Å². The highest BCUT2D eigenvalue weighted by Crippen LogP contribution is 2.10. The van der Waals surface area contributed by atoms with E-state index in [0.717, 1.165) is 15.8 Å². The molecule has 0 unspecified atom stereocenters. The summed E-state index contributed by atoms with van der Waals surface area (Å²) in [5.74, 6) is -0.422. The van der Waals surface area contributed by atoms with Crippen molar-refractivity contribution < 1.29 is 4.79 Å². The molecule has 6 nitrogen and oxygen atoms in total. The van der Waals surface area contributed by atoms with Crippen LogP contribution in [0.1, 0.15) is 16.8 Å². The number of hydrazone groups is 1. The number of benzene rings is 2. The van der Waals surface area contributed by atoms with Crippen molar-refractivity contribution in [2.45, 2.75) is 13.5 Å². The molecule has 130 valence electrons. The van der Waals surface area contributed by atoms with Gasteiger partial charge in [-0.05, 0) is 13.0 Å². The number of rotatable bonds is 5. The van der Waals surface area contributed by atoms with Gasteiger partial charge in [0.05, 0.1) is 11.4 Å². The lowest BCUT2D eigenvalue weighted by molar-refractivity contribution is -0.121. The number of hydrogen-bond donors (Lipinski definition) is 1. The fraction of sp³-hybridized carbons (Fsp3) is 0.100. The molecule has 1 amide bonds. The Balaban J connectivity index is 1.83. The van der Waals surface area contributed by atoms with Crippen LogP contribution in [-0.4, -0.2) is 21.4 Å². The van der Waals surface area contributed by atoms with Crippen LogP contribution in [-0.2, 0) is 11.3 Å². The molecule has 2 aromatic carbocycles. The Kier molecular flexibility index (Phi) is 5.34. The maximum absolute atomic E-state index is 12.2. The standard InChI is InChI=1S/C20H18N4O2/c1-15-12-13-19(26)24(23-15)14-18(25)21-22-20(16-8-4-2-5-9-16)17-10-6-3-7-11-17/h2-13H,14H2,1H3,(H,21,25). The van der Waals surface area contributed by atoms with Crippen molar-refractivity contribution in [2.75, 3.05) is 0 Å². The molecular formula is C20H18N4O2. The largest absolute Gasteiger partial charge is 0.271 e. The second kappa shape index (κ2) is 8.02. The number of carbonyl (C=O) groups is 1. The Morgan fingerprint density at radius 3 is 2.12 bits per heavy atom. The highest BCUT2D eigenvalue weighted by molar-refractivity contribution is 6.13. The average Bonchev–Trinajstić information content (AvgIpc) is 2.67. The van der Waals surface area contributed by atoms with Gasteiger partial charge in [0.2, 0.25) is 0 Å². The maximum Gasteiger partial charge on any atom is 0.267 e. The number of hydrogen-bond acceptors (Lipinski definition) is 4. The molecule has 1 N–H and O–H groups in total. The van der Waals surface area contributed by atoms with Gasteiger partial charge in [-0.1, -0.05) is 60.7 Å². The predicted octanol–water partition coefficient (Wildman–Crippen LogP) is 2.12. The van der Waals surface area contributed by atoms with Crippen LogP contribution in [0.25, 0.3) is 0 Å². The van der Waals surface area contributed by atoms with Crippen LogP contribution in [0.2, 0.25) is 0 Å². The van der Waals surface area contributed by atoms with Crippen LogP contribution in [0.4, 0.5) is 0 Å². The van der Waals surface area contributed by atoms with Crippen molar-refractivity contribution in [3.05, 3.63) is 100.0 Å². The van der Waals surface area contributed by atoms with E-state index in [4.69, 9.17) is 0 Å². The van der Waals surface area contributed by atoms with E-state index in [9.17, 15) is 9.59 Å². The molecule has 6 heteroatoms. The molecule has 3 aromatic rings. The van der Waals surface area contributed by atoms with Gasteiger partial charge in [0.25, 0.3) is 11.5 Å². The summed E-state index contributed by atoms with van der Waals surface area (Å²) >= 11 is 0. The first-order valence-corrected chi connectivity index (χ1v) is 8.15. The normalized spacial score (nSPS) is 10.2. The van der Waals surface area contributed by atoms with Crippen molar-refractivity contribution in [2.24, 2.45) is 5.10 Å². The van der Waals surface area contributed by atoms with Crippen LogP contribution in [0, 0.1) is 6.92 Å². The zero-order chi connectivity index (χ0) is 18.4. The lowest BCUT2D eigenvalue weighted by Gasteiger charge is -2.08. The van der Waals surface area contributed by atoms with Gasteiger partial charge in [0.15, 0.2) is 0 Å². The smallest absolute Gasteiger partial charge is 0.267 e. The van der Waals surface area contributed by atoms with Gasteiger partial charge >= 0.3 is 0 Å². The second-order valence-electron chi connectivity index (χ2n) is 5.70. The number of carbonyl (C=O) groups excluding carboxylic acids is 1. The van der Waals surface area contributed by atoms with E-state index in [1.807, 2.05) is 60.7 Å². The molecule has 3 rings (SSSR count). The highest BCUT2D eigenvalue weighted by Gasteiger charge is 2.09. The molecule has 0 aliphatic carbocycles. The number of amides is 1. The Bertz CT molecular complexity index is 938. The first-order valence-electron chi connectivity index (χ1n) is 8.15. The van der Waals surface area contributed by atoms with Crippen LogP contribution < -0.4 is 11.0 Å². The Morgan fingerprint density at radius 1 is 0.962 bits per heavy atom. The van der Waals surface area contributed by atoms with Crippen molar-refractivity contribution >= 4 is 11.6 Å². The summed E-state index contributed by atoms with van der Waals surface area (Å²) in [6.07, 6.45) is 0. The maximum atomic E-state index is 12.2. The van der Waals surface area contributed by atoms with Crippen LogP contribution in [0.5, 0.6) is 0 Å². The van der Waals surface area contributed by atoms with Crippen LogP contribution >= 0.6 is 0 Å². The number of aryl methyl sites for hydroxylation is 1. The molecule has 1 heterocycles. The van der Waals surface area contributed by atoms with Crippen molar-refractivity contribution in [3.63, 3.8) is 0 Å². The second-order valence-corrected chi connectivity index (χ2v) is 5.70. The van der Waals surface area contributed by atoms with Gasteiger partial charge in [-0.15, -0.1) is 0 Å². The van der Waals surface area contributed by atoms with Crippen molar-refractivity contribution in [1.29, 1.82) is 0 Å². The minimum Gasteiger partial charge on any atom is -0.271 e. The summed E-state index contributed by atoms with van der Waals surface area (Å²) in [6, 6.07) is 22.1. The quantitative estimate of drug-likeness (QED) is 0.568. The number of nitrogens with zero attached hydrogens (tertiary/aromatic N) is 3. The number of aromatic nitrogens is 2. The van der Waals surface area contributed by atoms with Gasteiger partial charge in [0, 0.05) is 17.2 Å². The molecule has 0 bridgehead atoms. The van der Waals surface area contributed by atoms with Crippen molar-refractivity contribution in [1.82, 2.24) is 15.2 Å². The highest BCUT2D eigenvalue weighted by atomic mass is 16.2. The van der Waals surface area contributed by atoms with Gasteiger partial charge in [-0.3, -0.25) is 9.59 Å². The fourth-order valence-electron chi connectivity index (χ4n) is 2.44. The molecule has 0 spiro atoms. The average molecular weight is 346 g/mol. The Labute approximate surface area is 150 Å². The molecule has 0 radical (unpaired) electrons. The SMILES string of the molecule is Cc1ccc(=O)n(CC(=O)NN=C(c2ccccc2)c2ccccc2)n1. The van der Waals surface area contributed by atoms with Gasteiger partial charge < -0.3 is 0 Å². The number of nitrogens with one attached hydrogen (secondary N) is 1. The molecule has 0 aliphatic heterocycles. The third-order valence-electron chi connectivity index (χ3n) is 3.68. The molecule has 0 fully saturated rings. The summed E-state index contributed by atoms with van der Waals surface area (Å²) < 4.78 is 1.12. The van der Waals surface area contributed by atoms with E-state index < -0.39 is 5.91 Å². The molecule has 0 atom stereocenters. The first-order chi connectivity index (χ1) is 12.6. The van der Waals surface area contributed by atoms with Gasteiger partial charge in [-0.2, -0.15) is 10.2 Å². The lowest BCUT2D eigenvalue weighted by atomic mass is 10.0. The Morgan fingerprint density at radius 2 is 1.54 bits per heavy atom. The molecule has 0 aliphatic rings. The summed E-state index contributed by atoms with van der Waals surface area (Å²) in [5.41, 5.74) is 5.26. The Hall–Kier alpha value is -3.54. The summed E-state index contributed by atoms with van der Waals surface area (Å²) in [7, 11) is 0. The third kappa shape index (κ3) is 4.30. The molecule has 26 heavy (non-hydrogen) atoms. The minimum atomic E-state index is -0.422. The molecule has 0 saturated carbocycles. The van der Waals surface area contributed by atoms with Gasteiger partial charge in [0.1, 0.15) is 6.54 Å². The molecular weight excluding hydrogens is 328 g/mol. The van der Waals surface area contributed by atoms with E-state index in [0.29, 0.717) is 11.4 Å². The van der Waals surface area contributed by atoms with E-state index in [-0.39, 0.29) is 12.1 Å². The van der Waals surface area contributed by atoms with E-state index in [2.05, 4.69) is 15.6 Å². The molecule has 1 aromatic heterocycles. The summed E-state index contributed by atoms with van der Waals surface area (Å²) in [5, 5.41) is 8.34. The van der Waals surface area contributed by atoms with E-state index >= 15 is 0 Å². The van der Waals surface area contributed by atoms with Crippen LogP contribution in [0.3, 0.4) is 0 Å². The monoisotopic (exact) mass is 346 g/mol. The minimum absolute atomic E-state index is 0.194. The van der Waals surface area contributed by atoms with E-state index in [1.165, 1.54) is 6.07 Å².